The molecule has 18 heavy (non-hydrogen) atoms. The number of rotatable bonds is 5. The Hall–Kier alpha value is -2.30. The van der Waals surface area contributed by atoms with E-state index in [2.05, 4.69) is 9.97 Å². The molecule has 0 saturated heterocycles. The van der Waals surface area contributed by atoms with Crippen LogP contribution in [-0.2, 0) is 0 Å². The molecule has 0 aliphatic carbocycles. The largest absolute Gasteiger partial charge is 0.476 e. The van der Waals surface area contributed by atoms with Crippen LogP contribution in [0, 0.1) is 0 Å². The summed E-state index contributed by atoms with van der Waals surface area (Å²) in [7, 11) is 0. The highest BCUT2D eigenvalue weighted by atomic mass is 16.5. The van der Waals surface area contributed by atoms with E-state index in [4.69, 9.17) is 15.2 Å². The minimum Gasteiger partial charge on any atom is -0.476 e. The third kappa shape index (κ3) is 3.10. The van der Waals surface area contributed by atoms with E-state index in [0.717, 1.165) is 6.42 Å². The Bertz CT molecular complexity index is 503. The maximum atomic E-state index is 5.77. The molecule has 0 spiro atoms. The van der Waals surface area contributed by atoms with Gasteiger partial charge in [0.05, 0.1) is 18.5 Å². The second kappa shape index (κ2) is 5.86. The highest BCUT2D eigenvalue weighted by Gasteiger charge is 2.05. The van der Waals surface area contributed by atoms with Crippen molar-refractivity contribution in [2.24, 2.45) is 0 Å². The molecule has 2 aromatic heterocycles. The molecule has 0 unspecified atom stereocenters. The van der Waals surface area contributed by atoms with E-state index in [1.165, 1.54) is 0 Å². The third-order valence-corrected chi connectivity index (χ3v) is 2.16. The first kappa shape index (κ1) is 12.2. The molecule has 0 bridgehead atoms. The second-order valence-corrected chi connectivity index (χ2v) is 3.68. The van der Waals surface area contributed by atoms with Crippen molar-refractivity contribution in [3.05, 3.63) is 36.7 Å². The number of ether oxygens (including phenoxy) is 2. The molecule has 5 heteroatoms. The molecule has 0 aromatic carbocycles. The summed E-state index contributed by atoms with van der Waals surface area (Å²) >= 11 is 0. The molecule has 94 valence electrons. The van der Waals surface area contributed by atoms with Crippen LogP contribution in [0.15, 0.2) is 36.7 Å². The van der Waals surface area contributed by atoms with Gasteiger partial charge in [-0.2, -0.15) is 4.98 Å². The van der Waals surface area contributed by atoms with Crippen molar-refractivity contribution in [3.63, 3.8) is 0 Å². The number of pyridine rings is 2. The van der Waals surface area contributed by atoms with Gasteiger partial charge in [0.2, 0.25) is 11.8 Å². The van der Waals surface area contributed by atoms with Gasteiger partial charge in [-0.05, 0) is 24.6 Å². The quantitative estimate of drug-likeness (QED) is 0.876. The van der Waals surface area contributed by atoms with E-state index >= 15 is 0 Å². The molecule has 2 rings (SSSR count). The molecule has 2 N–H and O–H groups in total. The van der Waals surface area contributed by atoms with E-state index in [9.17, 15) is 0 Å². The zero-order valence-corrected chi connectivity index (χ0v) is 10.2. The van der Waals surface area contributed by atoms with Crippen LogP contribution in [0.1, 0.15) is 13.3 Å². The number of anilines is 1. The van der Waals surface area contributed by atoms with Gasteiger partial charge in [-0.15, -0.1) is 0 Å². The van der Waals surface area contributed by atoms with Crippen LogP contribution in [0.4, 0.5) is 5.69 Å². The van der Waals surface area contributed by atoms with Gasteiger partial charge in [0.1, 0.15) is 5.75 Å². The third-order valence-electron chi connectivity index (χ3n) is 2.16. The lowest BCUT2D eigenvalue weighted by Gasteiger charge is -2.09. The molecule has 0 amide bonds. The highest BCUT2D eigenvalue weighted by molar-refractivity contribution is 5.49. The minimum absolute atomic E-state index is 0.401. The Morgan fingerprint density at radius 3 is 2.89 bits per heavy atom. The van der Waals surface area contributed by atoms with Gasteiger partial charge in [-0.1, -0.05) is 6.92 Å². The van der Waals surface area contributed by atoms with Gasteiger partial charge >= 0.3 is 0 Å². The predicted molar refractivity (Wildman–Crippen MR) is 68.7 cm³/mol. The van der Waals surface area contributed by atoms with Crippen LogP contribution in [0.5, 0.6) is 17.5 Å². The Kier molecular flexibility index (Phi) is 3.96. The van der Waals surface area contributed by atoms with E-state index in [1.807, 2.05) is 6.92 Å². The zero-order chi connectivity index (χ0) is 12.8. The molecule has 2 aromatic rings. The number of hydrogen-bond donors (Lipinski definition) is 1. The molecule has 5 nitrogen and oxygen atoms in total. The molecule has 0 saturated carbocycles. The van der Waals surface area contributed by atoms with Crippen molar-refractivity contribution in [1.29, 1.82) is 0 Å². The summed E-state index contributed by atoms with van der Waals surface area (Å²) < 4.78 is 11.0. The van der Waals surface area contributed by atoms with Crippen LogP contribution in [0.2, 0.25) is 0 Å². The average Bonchev–Trinajstić information content (AvgIpc) is 2.40. The van der Waals surface area contributed by atoms with Gasteiger partial charge in [0, 0.05) is 12.3 Å². The van der Waals surface area contributed by atoms with Crippen LogP contribution >= 0.6 is 0 Å². The minimum atomic E-state index is 0.401. The first-order chi connectivity index (χ1) is 8.79. The monoisotopic (exact) mass is 245 g/mol. The van der Waals surface area contributed by atoms with Crippen LogP contribution in [0.25, 0.3) is 0 Å². The van der Waals surface area contributed by atoms with E-state index < -0.39 is 0 Å². The maximum absolute atomic E-state index is 5.77. The second-order valence-electron chi connectivity index (χ2n) is 3.68. The standard InChI is InChI=1S/C13H15N3O2/c1-2-8-17-13-11(14)5-6-12(16-13)18-10-4-3-7-15-9-10/h3-7,9H,2,8,14H2,1H3. The Morgan fingerprint density at radius 2 is 2.17 bits per heavy atom. The zero-order valence-electron chi connectivity index (χ0n) is 10.2. The van der Waals surface area contributed by atoms with Crippen LogP contribution < -0.4 is 15.2 Å². The van der Waals surface area contributed by atoms with Crippen molar-refractivity contribution in [2.45, 2.75) is 13.3 Å². The number of nitrogen functional groups attached to an aromatic ring is 1. The Morgan fingerprint density at radius 1 is 1.28 bits per heavy atom. The van der Waals surface area contributed by atoms with Gasteiger partial charge in [0.25, 0.3) is 0 Å². The maximum Gasteiger partial charge on any atom is 0.240 e. The smallest absolute Gasteiger partial charge is 0.240 e. The topological polar surface area (TPSA) is 70.3 Å². The molecule has 0 fully saturated rings. The lowest BCUT2D eigenvalue weighted by molar-refractivity contribution is 0.302. The van der Waals surface area contributed by atoms with Crippen molar-refractivity contribution < 1.29 is 9.47 Å². The van der Waals surface area contributed by atoms with Crippen molar-refractivity contribution >= 4 is 5.69 Å². The molecule has 0 atom stereocenters. The predicted octanol–water partition coefficient (Wildman–Crippen LogP) is 2.64. The molecular weight excluding hydrogens is 230 g/mol. The van der Waals surface area contributed by atoms with Gasteiger partial charge in [-0.25, -0.2) is 0 Å². The van der Waals surface area contributed by atoms with E-state index in [0.29, 0.717) is 29.8 Å². The first-order valence-electron chi connectivity index (χ1n) is 5.77. The van der Waals surface area contributed by atoms with Crippen LogP contribution in [0.3, 0.4) is 0 Å². The summed E-state index contributed by atoms with van der Waals surface area (Å²) in [6, 6.07) is 7.00. The molecule has 0 radical (unpaired) electrons. The fraction of sp³-hybridized carbons (Fsp3) is 0.231. The molecular formula is C13H15N3O2. The molecule has 2 heterocycles. The summed E-state index contributed by atoms with van der Waals surface area (Å²) in [6.45, 7) is 2.60. The lowest BCUT2D eigenvalue weighted by atomic mass is 10.4. The number of nitrogens with zero attached hydrogens (tertiary/aromatic N) is 2. The Balaban J connectivity index is 2.14. The summed E-state index contributed by atoms with van der Waals surface area (Å²) in [5, 5.41) is 0. The van der Waals surface area contributed by atoms with Gasteiger partial charge in [0.15, 0.2) is 0 Å². The van der Waals surface area contributed by atoms with Crippen molar-refractivity contribution in [1.82, 2.24) is 9.97 Å². The first-order valence-corrected chi connectivity index (χ1v) is 5.77. The summed E-state index contributed by atoms with van der Waals surface area (Å²) in [4.78, 5) is 8.17. The van der Waals surface area contributed by atoms with Crippen LogP contribution in [-0.4, -0.2) is 16.6 Å². The fourth-order valence-electron chi connectivity index (χ4n) is 1.33. The number of aromatic nitrogens is 2. The molecule has 0 aliphatic rings. The normalized spacial score (nSPS) is 10.1. The van der Waals surface area contributed by atoms with E-state index in [1.54, 1.807) is 36.7 Å². The average molecular weight is 245 g/mol. The van der Waals surface area contributed by atoms with Gasteiger partial charge in [-0.3, -0.25) is 4.98 Å². The Labute approximate surface area is 106 Å². The van der Waals surface area contributed by atoms with Gasteiger partial charge < -0.3 is 15.2 Å². The molecule has 0 aliphatic heterocycles. The summed E-state index contributed by atoms with van der Waals surface area (Å²) in [5.41, 5.74) is 6.27. The summed E-state index contributed by atoms with van der Waals surface area (Å²) in [5.74, 6) is 1.46. The lowest BCUT2D eigenvalue weighted by Crippen LogP contribution is -2.02. The number of hydrogen-bond acceptors (Lipinski definition) is 5. The SMILES string of the molecule is CCCOc1nc(Oc2cccnc2)ccc1N. The highest BCUT2D eigenvalue weighted by Crippen LogP contribution is 2.25. The summed E-state index contributed by atoms with van der Waals surface area (Å²) in [6.07, 6.45) is 4.19. The van der Waals surface area contributed by atoms with E-state index in [-0.39, 0.29) is 0 Å². The fourth-order valence-corrected chi connectivity index (χ4v) is 1.33. The van der Waals surface area contributed by atoms with Crippen molar-refractivity contribution in [2.75, 3.05) is 12.3 Å². The number of nitrogens with two attached hydrogens (primary N) is 1. The van der Waals surface area contributed by atoms with Crippen molar-refractivity contribution in [3.8, 4) is 17.5 Å².